The molecule has 2 aromatic carbocycles. The van der Waals surface area contributed by atoms with E-state index in [2.05, 4.69) is 0 Å². The van der Waals surface area contributed by atoms with E-state index in [1.165, 1.54) is 12.1 Å². The number of hydrogen-bond donors (Lipinski definition) is 3. The largest absolute Gasteiger partial charge is 0.387 e. The normalized spacial score (nSPS) is 24.9. The third kappa shape index (κ3) is 3.27. The molecule has 3 N–H and O–H groups in total. The number of alkyl halides is 1. The third-order valence-corrected chi connectivity index (χ3v) is 5.45. The second-order valence-electron chi connectivity index (χ2n) is 6.94. The number of hydrogen-bond acceptors (Lipinski definition) is 6. The molecule has 3 rings (SSSR count). The van der Waals surface area contributed by atoms with Crippen LogP contribution in [-0.2, 0) is 4.74 Å². The number of ether oxygens (including phenoxy) is 1. The highest BCUT2D eigenvalue weighted by atomic mass is 35.5. The quantitative estimate of drug-likeness (QED) is 0.398. The highest BCUT2D eigenvalue weighted by Crippen LogP contribution is 2.36. The van der Waals surface area contributed by atoms with Crippen molar-refractivity contribution in [2.75, 3.05) is 0 Å². The zero-order valence-corrected chi connectivity index (χ0v) is 16.1. The van der Waals surface area contributed by atoms with Crippen molar-refractivity contribution >= 4 is 23.2 Å². The summed E-state index contributed by atoms with van der Waals surface area (Å²) in [6.07, 6.45) is -5.02. The van der Waals surface area contributed by atoms with Crippen LogP contribution in [0, 0.1) is 13.8 Å². The molecule has 4 atom stereocenters. The Labute approximate surface area is 167 Å². The number of aryl methyl sites for hydroxylation is 2. The molecule has 28 heavy (non-hydrogen) atoms. The van der Waals surface area contributed by atoms with Gasteiger partial charge in [-0.1, -0.05) is 60.1 Å². The van der Waals surface area contributed by atoms with Gasteiger partial charge in [-0.2, -0.15) is 0 Å². The lowest BCUT2D eigenvalue weighted by molar-refractivity contribution is -0.0805. The average molecular weight is 405 g/mol. The van der Waals surface area contributed by atoms with Gasteiger partial charge in [0, 0.05) is 11.1 Å². The number of carbonyl (C=O) groups excluding carboxylic acids is 2. The maximum atomic E-state index is 13.4. The highest BCUT2D eigenvalue weighted by Gasteiger charge is 2.60. The van der Waals surface area contributed by atoms with Crippen molar-refractivity contribution in [1.29, 1.82) is 0 Å². The fourth-order valence-corrected chi connectivity index (χ4v) is 3.67. The van der Waals surface area contributed by atoms with Crippen LogP contribution >= 0.6 is 11.6 Å². The first-order chi connectivity index (χ1) is 13.2. The van der Waals surface area contributed by atoms with Crippen LogP contribution in [0.25, 0.3) is 0 Å². The molecule has 1 heterocycles. The SMILES string of the molecule is Cc1ccccc1C(=O)C(O)(C(=O)c1ccccc1C)[C@H]1OC(Cl)[C@H](O)[C@@H]1O. The monoisotopic (exact) mass is 404 g/mol. The summed E-state index contributed by atoms with van der Waals surface area (Å²) in [5.74, 6) is -1.86. The molecule has 7 heteroatoms. The molecule has 1 aliphatic heterocycles. The molecule has 0 spiro atoms. The second-order valence-corrected chi connectivity index (χ2v) is 7.37. The van der Waals surface area contributed by atoms with Crippen molar-refractivity contribution in [2.45, 2.75) is 43.3 Å². The number of aliphatic hydroxyl groups is 3. The van der Waals surface area contributed by atoms with Gasteiger partial charge in [0.1, 0.15) is 18.3 Å². The molecule has 0 amide bonds. The molecule has 0 bridgehead atoms. The first kappa shape index (κ1) is 20.6. The van der Waals surface area contributed by atoms with Gasteiger partial charge in [0.15, 0.2) is 5.56 Å². The summed E-state index contributed by atoms with van der Waals surface area (Å²) in [5.41, 5.74) is -2.85. The summed E-state index contributed by atoms with van der Waals surface area (Å²) < 4.78 is 5.29. The van der Waals surface area contributed by atoms with Crippen molar-refractivity contribution in [3.63, 3.8) is 0 Å². The first-order valence-electron chi connectivity index (χ1n) is 8.78. The standard InChI is InChI=1S/C21H21ClO6/c1-11-7-3-5-9-13(11)17(25)21(27,19-15(23)16(24)20(22)28-19)18(26)14-10-6-4-8-12(14)2/h3-10,15-16,19-20,23-24,27H,1-2H3/t15-,16+,19-,20?/m0/s1. The number of rotatable bonds is 5. The Morgan fingerprint density at radius 1 is 0.893 bits per heavy atom. The Bertz CT molecular complexity index is 854. The van der Waals surface area contributed by atoms with Crippen LogP contribution in [0.15, 0.2) is 48.5 Å². The van der Waals surface area contributed by atoms with E-state index in [0.29, 0.717) is 11.1 Å². The van der Waals surface area contributed by atoms with Crippen molar-refractivity contribution in [3.05, 3.63) is 70.8 Å². The minimum atomic E-state index is -2.78. The van der Waals surface area contributed by atoms with Crippen LogP contribution in [0.3, 0.4) is 0 Å². The second kappa shape index (κ2) is 7.73. The fraction of sp³-hybridized carbons (Fsp3) is 0.333. The highest BCUT2D eigenvalue weighted by molar-refractivity contribution is 6.24. The number of ketones is 2. The molecule has 1 unspecified atom stereocenters. The van der Waals surface area contributed by atoms with E-state index in [0.717, 1.165) is 0 Å². The lowest BCUT2D eigenvalue weighted by atomic mass is 9.77. The molecule has 0 aromatic heterocycles. The third-order valence-electron chi connectivity index (χ3n) is 5.09. The summed E-state index contributed by atoms with van der Waals surface area (Å²) in [7, 11) is 0. The zero-order chi connectivity index (χ0) is 20.6. The maximum absolute atomic E-state index is 13.4. The molecular weight excluding hydrogens is 384 g/mol. The minimum absolute atomic E-state index is 0.107. The van der Waals surface area contributed by atoms with E-state index < -0.39 is 41.0 Å². The molecule has 0 aliphatic carbocycles. The molecule has 1 saturated heterocycles. The Hall–Kier alpha value is -2.09. The molecule has 148 valence electrons. The van der Waals surface area contributed by atoms with Crippen molar-refractivity contribution in [1.82, 2.24) is 0 Å². The number of Topliss-reactive ketones (excluding diaryl/α,β-unsaturated/α-hetero) is 2. The molecule has 0 radical (unpaired) electrons. The molecule has 1 fully saturated rings. The minimum Gasteiger partial charge on any atom is -0.387 e. The number of carbonyl (C=O) groups is 2. The molecule has 0 saturated carbocycles. The van der Waals surface area contributed by atoms with E-state index in [1.807, 2.05) is 0 Å². The van der Waals surface area contributed by atoms with Crippen LogP contribution in [-0.4, -0.2) is 56.4 Å². The van der Waals surface area contributed by atoms with Crippen molar-refractivity contribution in [3.8, 4) is 0 Å². The topological polar surface area (TPSA) is 104 Å². The zero-order valence-electron chi connectivity index (χ0n) is 15.4. The van der Waals surface area contributed by atoms with Gasteiger partial charge >= 0.3 is 0 Å². The van der Waals surface area contributed by atoms with Crippen LogP contribution < -0.4 is 0 Å². The van der Waals surface area contributed by atoms with E-state index in [9.17, 15) is 24.9 Å². The van der Waals surface area contributed by atoms with Crippen molar-refractivity contribution < 1.29 is 29.6 Å². The predicted molar refractivity (Wildman–Crippen MR) is 102 cm³/mol. The Kier molecular flexibility index (Phi) is 5.70. The molecule has 2 aromatic rings. The lowest BCUT2D eigenvalue weighted by Gasteiger charge is -2.33. The Morgan fingerprint density at radius 2 is 1.32 bits per heavy atom. The Balaban J connectivity index is 2.17. The van der Waals surface area contributed by atoms with Gasteiger partial charge in [-0.05, 0) is 25.0 Å². The smallest absolute Gasteiger partial charge is 0.219 e. The van der Waals surface area contributed by atoms with E-state index >= 15 is 0 Å². The molecular formula is C21H21ClO6. The molecule has 1 aliphatic rings. The van der Waals surface area contributed by atoms with Crippen LogP contribution in [0.5, 0.6) is 0 Å². The first-order valence-corrected chi connectivity index (χ1v) is 9.22. The predicted octanol–water partition coefficient (Wildman–Crippen LogP) is 1.79. The average Bonchev–Trinajstić information content (AvgIpc) is 2.95. The summed E-state index contributed by atoms with van der Waals surface area (Å²) >= 11 is 5.86. The van der Waals surface area contributed by atoms with E-state index in [-0.39, 0.29) is 11.1 Å². The number of benzene rings is 2. The number of aliphatic hydroxyl groups excluding tert-OH is 2. The van der Waals surface area contributed by atoms with Gasteiger partial charge in [0.2, 0.25) is 17.2 Å². The van der Waals surface area contributed by atoms with E-state index in [1.54, 1.807) is 50.2 Å². The van der Waals surface area contributed by atoms with Gasteiger partial charge in [0.25, 0.3) is 0 Å². The number of halogens is 1. The van der Waals surface area contributed by atoms with E-state index in [4.69, 9.17) is 16.3 Å². The van der Waals surface area contributed by atoms with Crippen LogP contribution in [0.1, 0.15) is 31.8 Å². The fourth-order valence-electron chi connectivity index (χ4n) is 3.41. The van der Waals surface area contributed by atoms with Gasteiger partial charge in [-0.25, -0.2) is 0 Å². The summed E-state index contributed by atoms with van der Waals surface area (Å²) in [4.78, 5) is 26.7. The van der Waals surface area contributed by atoms with Gasteiger partial charge in [-0.15, -0.1) is 0 Å². The van der Waals surface area contributed by atoms with Crippen molar-refractivity contribution in [2.24, 2.45) is 0 Å². The maximum Gasteiger partial charge on any atom is 0.219 e. The molecule has 6 nitrogen and oxygen atoms in total. The van der Waals surface area contributed by atoms with Crippen LogP contribution in [0.4, 0.5) is 0 Å². The van der Waals surface area contributed by atoms with Gasteiger partial charge < -0.3 is 20.1 Å². The Morgan fingerprint density at radius 3 is 1.68 bits per heavy atom. The van der Waals surface area contributed by atoms with Crippen LogP contribution in [0.2, 0.25) is 0 Å². The summed E-state index contributed by atoms with van der Waals surface area (Å²) in [6, 6.07) is 12.9. The van der Waals surface area contributed by atoms with Gasteiger partial charge in [0.05, 0.1) is 0 Å². The summed E-state index contributed by atoms with van der Waals surface area (Å²) in [5, 5.41) is 31.8. The summed E-state index contributed by atoms with van der Waals surface area (Å²) in [6.45, 7) is 3.33. The van der Waals surface area contributed by atoms with Gasteiger partial charge in [-0.3, -0.25) is 9.59 Å². The lowest BCUT2D eigenvalue weighted by Crippen LogP contribution is -2.60.